The molecule has 48 valence electrons. The zero-order valence-corrected chi connectivity index (χ0v) is 5.76. The minimum absolute atomic E-state index is 0.509. The molecule has 0 amide bonds. The van der Waals surface area contributed by atoms with Crippen molar-refractivity contribution in [3.8, 4) is 0 Å². The molecule has 9 heavy (non-hydrogen) atoms. The third kappa shape index (κ3) is 1.29. The molecule has 0 unspecified atom stereocenters. The maximum atomic E-state index is 5.63. The van der Waals surface area contributed by atoms with Crippen molar-refractivity contribution in [2.24, 2.45) is 7.05 Å². The smallest absolute Gasteiger partial charge is 0.216 e. The summed E-state index contributed by atoms with van der Waals surface area (Å²) >= 11 is 5.63. The monoisotopic (exact) mass is 144 g/mol. The largest absolute Gasteiger partial charge is 0.396 e. The van der Waals surface area contributed by atoms with E-state index >= 15 is 0 Å². The first-order valence-corrected chi connectivity index (χ1v) is 2.85. The van der Waals surface area contributed by atoms with Crippen LogP contribution in [-0.2, 0) is 7.05 Å². The number of anilines is 1. The maximum Gasteiger partial charge on any atom is 0.216 e. The highest BCUT2D eigenvalue weighted by molar-refractivity contribution is 6.32. The number of aryl methyl sites for hydroxylation is 1. The molecule has 0 aliphatic heterocycles. The van der Waals surface area contributed by atoms with Gasteiger partial charge in [-0.2, -0.15) is 0 Å². The summed E-state index contributed by atoms with van der Waals surface area (Å²) in [6.07, 6.45) is 3.17. The summed E-state index contributed by atoms with van der Waals surface area (Å²) in [7, 11) is 1.78. The van der Waals surface area contributed by atoms with E-state index in [2.05, 4.69) is 5.10 Å². The van der Waals surface area contributed by atoms with E-state index in [1.807, 2.05) is 0 Å². The number of aromatic nitrogens is 2. The highest BCUT2D eigenvalue weighted by Crippen LogP contribution is 2.11. The Morgan fingerprint density at radius 2 is 2.44 bits per heavy atom. The normalized spacial score (nSPS) is 9.56. The molecule has 0 spiro atoms. The Balaban J connectivity index is 3.17. The average molecular weight is 145 g/mol. The van der Waals surface area contributed by atoms with Gasteiger partial charge in [-0.05, 0) is 5.10 Å². The Kier molecular flexibility index (Phi) is 1.53. The third-order valence-electron chi connectivity index (χ3n) is 0.955. The van der Waals surface area contributed by atoms with Crippen LogP contribution in [0.25, 0.3) is 0 Å². The lowest BCUT2D eigenvalue weighted by Gasteiger charge is -1.89. The fourth-order valence-corrected chi connectivity index (χ4v) is 0.677. The predicted octanol–water partition coefficient (Wildman–Crippen LogP) is 0.142. The van der Waals surface area contributed by atoms with E-state index in [0.29, 0.717) is 10.7 Å². The van der Waals surface area contributed by atoms with Crippen LogP contribution in [0.1, 0.15) is 0 Å². The van der Waals surface area contributed by atoms with Gasteiger partial charge in [0.2, 0.25) is 6.20 Å². The maximum absolute atomic E-state index is 5.63. The Hall–Kier alpha value is -0.830. The fourth-order valence-electron chi connectivity index (χ4n) is 0.487. The summed E-state index contributed by atoms with van der Waals surface area (Å²) in [6, 6.07) is 0. The summed E-state index contributed by atoms with van der Waals surface area (Å²) in [5.41, 5.74) is 5.89. The van der Waals surface area contributed by atoms with Gasteiger partial charge >= 0.3 is 0 Å². The van der Waals surface area contributed by atoms with E-state index in [0.717, 1.165) is 0 Å². The summed E-state index contributed by atoms with van der Waals surface area (Å²) in [4.78, 5) is 0. The number of nitrogen functional groups attached to an aromatic ring is 1. The van der Waals surface area contributed by atoms with Gasteiger partial charge in [0.25, 0.3) is 0 Å². The van der Waals surface area contributed by atoms with Crippen LogP contribution in [0.5, 0.6) is 0 Å². The minimum Gasteiger partial charge on any atom is -0.396 e. The quantitative estimate of drug-likeness (QED) is 0.527. The molecular formula is C5H7ClN3+. The predicted molar refractivity (Wildman–Crippen MR) is 34.8 cm³/mol. The van der Waals surface area contributed by atoms with E-state index in [9.17, 15) is 0 Å². The van der Waals surface area contributed by atoms with Gasteiger partial charge in [-0.3, -0.25) is 0 Å². The SMILES string of the molecule is C[n+]1cc(Cl)c(N)cn1. The molecule has 0 aromatic carbocycles. The molecule has 0 fully saturated rings. The second kappa shape index (κ2) is 2.19. The zero-order valence-electron chi connectivity index (χ0n) is 5.00. The van der Waals surface area contributed by atoms with Gasteiger partial charge in [-0.1, -0.05) is 16.3 Å². The molecule has 1 aromatic rings. The molecule has 1 rings (SSSR count). The first kappa shape index (κ1) is 6.29. The molecule has 0 atom stereocenters. The Morgan fingerprint density at radius 1 is 1.78 bits per heavy atom. The van der Waals surface area contributed by atoms with Gasteiger partial charge in [0.1, 0.15) is 11.2 Å². The Bertz CT molecular complexity index is 223. The number of nitrogens with zero attached hydrogens (tertiary/aromatic N) is 2. The van der Waals surface area contributed by atoms with Crippen molar-refractivity contribution in [3.05, 3.63) is 17.4 Å². The van der Waals surface area contributed by atoms with E-state index in [-0.39, 0.29) is 0 Å². The van der Waals surface area contributed by atoms with Gasteiger partial charge in [0.15, 0.2) is 7.05 Å². The highest BCUT2D eigenvalue weighted by atomic mass is 35.5. The molecule has 0 saturated heterocycles. The molecule has 0 aliphatic rings. The van der Waals surface area contributed by atoms with E-state index in [1.165, 1.54) is 6.20 Å². The number of rotatable bonds is 0. The zero-order chi connectivity index (χ0) is 6.85. The van der Waals surface area contributed by atoms with Crippen molar-refractivity contribution in [1.29, 1.82) is 0 Å². The van der Waals surface area contributed by atoms with Crippen LogP contribution in [0.2, 0.25) is 5.02 Å². The van der Waals surface area contributed by atoms with Crippen LogP contribution >= 0.6 is 11.6 Å². The van der Waals surface area contributed by atoms with Crippen molar-refractivity contribution in [2.75, 3.05) is 5.73 Å². The lowest BCUT2D eigenvalue weighted by molar-refractivity contribution is -0.730. The summed E-state index contributed by atoms with van der Waals surface area (Å²) in [6.45, 7) is 0. The fraction of sp³-hybridized carbons (Fsp3) is 0.200. The lowest BCUT2D eigenvalue weighted by Crippen LogP contribution is -2.31. The topological polar surface area (TPSA) is 42.8 Å². The summed E-state index contributed by atoms with van der Waals surface area (Å²) in [5, 5.41) is 4.38. The van der Waals surface area contributed by atoms with Gasteiger partial charge in [0.05, 0.1) is 5.69 Å². The first-order valence-electron chi connectivity index (χ1n) is 2.47. The molecule has 0 aliphatic carbocycles. The molecule has 0 bridgehead atoms. The number of halogens is 1. The minimum atomic E-state index is 0.509. The summed E-state index contributed by atoms with van der Waals surface area (Å²) in [5.74, 6) is 0. The van der Waals surface area contributed by atoms with Crippen LogP contribution < -0.4 is 10.4 Å². The standard InChI is InChI=1S/C5H6ClN3/c1-9-3-4(6)5(7)2-8-9/h2-3,7H,1H3/p+1. The van der Waals surface area contributed by atoms with Crippen molar-refractivity contribution in [3.63, 3.8) is 0 Å². The Morgan fingerprint density at radius 3 is 2.89 bits per heavy atom. The van der Waals surface area contributed by atoms with Gasteiger partial charge in [0, 0.05) is 0 Å². The van der Waals surface area contributed by atoms with E-state index in [1.54, 1.807) is 17.9 Å². The molecule has 0 saturated carbocycles. The highest BCUT2D eigenvalue weighted by Gasteiger charge is 1.99. The van der Waals surface area contributed by atoms with Crippen LogP contribution in [0, 0.1) is 0 Å². The second-order valence-corrected chi connectivity index (χ2v) is 2.16. The van der Waals surface area contributed by atoms with Gasteiger partial charge < -0.3 is 5.73 Å². The third-order valence-corrected chi connectivity index (χ3v) is 1.27. The molecule has 4 heteroatoms. The summed E-state index contributed by atoms with van der Waals surface area (Å²) < 4.78 is 1.60. The van der Waals surface area contributed by atoms with E-state index < -0.39 is 0 Å². The molecule has 1 aromatic heterocycles. The van der Waals surface area contributed by atoms with Gasteiger partial charge in [-0.25, -0.2) is 0 Å². The van der Waals surface area contributed by atoms with Crippen LogP contribution in [0.3, 0.4) is 0 Å². The van der Waals surface area contributed by atoms with Crippen LogP contribution in [0.4, 0.5) is 5.69 Å². The number of nitrogens with two attached hydrogens (primary N) is 1. The van der Waals surface area contributed by atoms with Gasteiger partial charge in [-0.15, -0.1) is 0 Å². The molecule has 1 heterocycles. The lowest BCUT2D eigenvalue weighted by atomic mass is 10.5. The molecule has 3 nitrogen and oxygen atoms in total. The Labute approximate surface area is 58.1 Å². The number of hydrogen-bond acceptors (Lipinski definition) is 2. The van der Waals surface area contributed by atoms with Crippen molar-refractivity contribution in [2.45, 2.75) is 0 Å². The average Bonchev–Trinajstić information content (AvgIpc) is 1.80. The van der Waals surface area contributed by atoms with Crippen LogP contribution in [0.15, 0.2) is 12.4 Å². The number of hydrogen-bond donors (Lipinski definition) is 1. The first-order chi connectivity index (χ1) is 4.20. The molecule has 2 N–H and O–H groups in total. The van der Waals surface area contributed by atoms with Crippen molar-refractivity contribution in [1.82, 2.24) is 5.10 Å². The molecule has 0 radical (unpaired) electrons. The van der Waals surface area contributed by atoms with Crippen molar-refractivity contribution < 1.29 is 4.68 Å². The van der Waals surface area contributed by atoms with E-state index in [4.69, 9.17) is 17.3 Å². The second-order valence-electron chi connectivity index (χ2n) is 1.75. The molecular weight excluding hydrogens is 138 g/mol. The van der Waals surface area contributed by atoms with Crippen molar-refractivity contribution >= 4 is 17.3 Å². The van der Waals surface area contributed by atoms with Crippen LogP contribution in [-0.4, -0.2) is 5.10 Å².